The van der Waals surface area contributed by atoms with Crippen molar-refractivity contribution in [3.63, 3.8) is 0 Å². The molecule has 0 aliphatic rings. The summed E-state index contributed by atoms with van der Waals surface area (Å²) in [6.07, 6.45) is 3.13. The molecule has 0 saturated carbocycles. The number of hydrogen-bond donors (Lipinski definition) is 1. The first-order valence-electron chi connectivity index (χ1n) is 7.96. The Morgan fingerprint density at radius 2 is 1.83 bits per heavy atom. The molecule has 0 bridgehead atoms. The van der Waals surface area contributed by atoms with E-state index in [2.05, 4.69) is 26.1 Å². The van der Waals surface area contributed by atoms with Crippen LogP contribution in [0.4, 0.5) is 0 Å². The summed E-state index contributed by atoms with van der Waals surface area (Å²) in [5.41, 5.74) is 0. The number of nitrogens with one attached hydrogen (secondary N) is 1. The van der Waals surface area contributed by atoms with Gasteiger partial charge in [0.05, 0.1) is 11.5 Å². The first-order valence-corrected chi connectivity index (χ1v) is 9.85. The molecule has 1 rings (SSSR count). The number of amides is 1. The molecule has 130 valence electrons. The minimum atomic E-state index is -3.19. The topological polar surface area (TPSA) is 72.5 Å². The van der Waals surface area contributed by atoms with Gasteiger partial charge in [0.1, 0.15) is 5.75 Å². The second-order valence-electron chi connectivity index (χ2n) is 6.02. The summed E-state index contributed by atoms with van der Waals surface area (Å²) in [4.78, 5) is 12.1. The van der Waals surface area contributed by atoms with Crippen LogP contribution in [0.25, 0.3) is 0 Å². The van der Waals surface area contributed by atoms with Crippen LogP contribution in [-0.2, 0) is 14.6 Å². The van der Waals surface area contributed by atoms with Gasteiger partial charge in [0.15, 0.2) is 9.84 Å². The molecular formula is C17H27NO4S. The van der Waals surface area contributed by atoms with Gasteiger partial charge >= 0.3 is 0 Å². The molecule has 1 aromatic carbocycles. The number of carbonyl (C=O) groups excluding carboxylic acids is 1. The zero-order valence-corrected chi connectivity index (χ0v) is 15.2. The van der Waals surface area contributed by atoms with E-state index in [4.69, 9.17) is 4.74 Å². The van der Waals surface area contributed by atoms with Crippen molar-refractivity contribution in [3.8, 4) is 5.75 Å². The second-order valence-corrected chi connectivity index (χ2v) is 8.04. The smallest absolute Gasteiger partial charge is 0.220 e. The van der Waals surface area contributed by atoms with Crippen LogP contribution >= 0.6 is 0 Å². The van der Waals surface area contributed by atoms with Crippen molar-refractivity contribution < 1.29 is 17.9 Å². The lowest BCUT2D eigenvalue weighted by Crippen LogP contribution is -2.38. The molecule has 1 amide bonds. The molecule has 1 unspecified atom stereocenters. The Morgan fingerprint density at radius 3 is 2.30 bits per heavy atom. The van der Waals surface area contributed by atoms with Gasteiger partial charge < -0.3 is 10.1 Å². The van der Waals surface area contributed by atoms with Crippen LogP contribution in [-0.4, -0.2) is 33.2 Å². The first kappa shape index (κ1) is 19.5. The van der Waals surface area contributed by atoms with Gasteiger partial charge in [0, 0.05) is 18.7 Å². The molecule has 0 spiro atoms. The van der Waals surface area contributed by atoms with E-state index in [1.807, 2.05) is 0 Å². The van der Waals surface area contributed by atoms with E-state index in [0.717, 1.165) is 6.42 Å². The summed E-state index contributed by atoms with van der Waals surface area (Å²) in [7, 11) is -3.19. The minimum absolute atomic E-state index is 0.0431. The highest BCUT2D eigenvalue weighted by Gasteiger charge is 2.13. The minimum Gasteiger partial charge on any atom is -0.494 e. The van der Waals surface area contributed by atoms with Gasteiger partial charge in [-0.1, -0.05) is 20.8 Å². The summed E-state index contributed by atoms with van der Waals surface area (Å²) in [5, 5.41) is 3.03. The molecule has 0 heterocycles. The highest BCUT2D eigenvalue weighted by Crippen LogP contribution is 2.16. The number of sulfone groups is 1. The normalized spacial score (nSPS) is 12.9. The second kappa shape index (κ2) is 8.91. The SMILES string of the molecule is CCC(NC(=O)CCCOc1ccc(S(C)(=O)=O)cc1)C(C)C. The standard InChI is InChI=1S/C17H27NO4S/c1-5-16(13(2)3)18-17(19)7-6-12-22-14-8-10-15(11-9-14)23(4,20)21/h8-11,13,16H,5-7,12H2,1-4H3,(H,18,19). The van der Waals surface area contributed by atoms with E-state index < -0.39 is 9.84 Å². The summed E-state index contributed by atoms with van der Waals surface area (Å²) in [6.45, 7) is 6.67. The van der Waals surface area contributed by atoms with Crippen LogP contribution in [0.3, 0.4) is 0 Å². The zero-order chi connectivity index (χ0) is 17.5. The maximum Gasteiger partial charge on any atom is 0.220 e. The fourth-order valence-corrected chi connectivity index (χ4v) is 2.86. The molecule has 0 saturated heterocycles. The summed E-state index contributed by atoms with van der Waals surface area (Å²) >= 11 is 0. The van der Waals surface area contributed by atoms with Gasteiger partial charge in [-0.25, -0.2) is 8.42 Å². The lowest BCUT2D eigenvalue weighted by Gasteiger charge is -2.20. The third-order valence-electron chi connectivity index (χ3n) is 3.66. The molecule has 1 aromatic rings. The number of hydrogen-bond acceptors (Lipinski definition) is 4. The van der Waals surface area contributed by atoms with E-state index in [-0.39, 0.29) is 16.8 Å². The molecule has 0 radical (unpaired) electrons. The van der Waals surface area contributed by atoms with Crippen molar-refractivity contribution in [2.24, 2.45) is 5.92 Å². The predicted molar refractivity (Wildman–Crippen MR) is 91.3 cm³/mol. The molecule has 1 atom stereocenters. The zero-order valence-electron chi connectivity index (χ0n) is 14.3. The van der Waals surface area contributed by atoms with Gasteiger partial charge in [0.2, 0.25) is 5.91 Å². The summed E-state index contributed by atoms with van der Waals surface area (Å²) in [5.74, 6) is 1.07. The number of rotatable bonds is 9. The maximum atomic E-state index is 11.8. The Bertz CT molecular complexity index is 594. The molecule has 23 heavy (non-hydrogen) atoms. The quantitative estimate of drug-likeness (QED) is 0.701. The molecule has 5 nitrogen and oxygen atoms in total. The van der Waals surface area contributed by atoms with E-state index in [0.29, 0.717) is 31.1 Å². The Hall–Kier alpha value is -1.56. The van der Waals surface area contributed by atoms with Crippen molar-refractivity contribution in [2.75, 3.05) is 12.9 Å². The van der Waals surface area contributed by atoms with E-state index >= 15 is 0 Å². The molecular weight excluding hydrogens is 314 g/mol. The van der Waals surface area contributed by atoms with Crippen LogP contribution in [0, 0.1) is 5.92 Å². The molecule has 0 aliphatic carbocycles. The van der Waals surface area contributed by atoms with Crippen LogP contribution in [0.15, 0.2) is 29.2 Å². The molecule has 0 fully saturated rings. The Morgan fingerprint density at radius 1 is 1.22 bits per heavy atom. The van der Waals surface area contributed by atoms with Crippen molar-refractivity contribution in [3.05, 3.63) is 24.3 Å². The molecule has 1 N–H and O–H groups in total. The van der Waals surface area contributed by atoms with Crippen LogP contribution in [0.1, 0.15) is 40.0 Å². The lowest BCUT2D eigenvalue weighted by molar-refractivity contribution is -0.122. The van der Waals surface area contributed by atoms with Crippen molar-refractivity contribution in [2.45, 2.75) is 51.0 Å². The molecule has 0 aromatic heterocycles. The van der Waals surface area contributed by atoms with Crippen LogP contribution in [0.2, 0.25) is 0 Å². The highest BCUT2D eigenvalue weighted by atomic mass is 32.2. The van der Waals surface area contributed by atoms with Crippen molar-refractivity contribution >= 4 is 15.7 Å². The van der Waals surface area contributed by atoms with E-state index in [1.54, 1.807) is 12.1 Å². The fourth-order valence-electron chi connectivity index (χ4n) is 2.22. The first-order chi connectivity index (χ1) is 10.7. The lowest BCUT2D eigenvalue weighted by atomic mass is 10.0. The van der Waals surface area contributed by atoms with Gasteiger partial charge in [-0.3, -0.25) is 4.79 Å². The van der Waals surface area contributed by atoms with Crippen molar-refractivity contribution in [1.29, 1.82) is 0 Å². The average molecular weight is 341 g/mol. The molecule has 6 heteroatoms. The van der Waals surface area contributed by atoms with Crippen LogP contribution < -0.4 is 10.1 Å². The van der Waals surface area contributed by atoms with Gasteiger partial charge in [-0.05, 0) is 43.0 Å². The summed E-state index contributed by atoms with van der Waals surface area (Å²) in [6, 6.07) is 6.51. The average Bonchev–Trinajstić information content (AvgIpc) is 2.48. The highest BCUT2D eigenvalue weighted by molar-refractivity contribution is 7.90. The third-order valence-corrected chi connectivity index (χ3v) is 4.79. The van der Waals surface area contributed by atoms with Gasteiger partial charge in [-0.15, -0.1) is 0 Å². The van der Waals surface area contributed by atoms with Gasteiger partial charge in [-0.2, -0.15) is 0 Å². The van der Waals surface area contributed by atoms with Crippen molar-refractivity contribution in [1.82, 2.24) is 5.32 Å². The molecule has 0 aliphatic heterocycles. The van der Waals surface area contributed by atoms with Crippen LogP contribution in [0.5, 0.6) is 5.75 Å². The predicted octanol–water partition coefficient (Wildman–Crippen LogP) is 2.80. The maximum absolute atomic E-state index is 11.8. The number of ether oxygens (including phenoxy) is 1. The fraction of sp³-hybridized carbons (Fsp3) is 0.588. The van der Waals surface area contributed by atoms with Gasteiger partial charge in [0.25, 0.3) is 0 Å². The number of benzene rings is 1. The number of carbonyl (C=O) groups is 1. The Kier molecular flexibility index (Phi) is 7.55. The third kappa shape index (κ3) is 7.03. The van der Waals surface area contributed by atoms with E-state index in [9.17, 15) is 13.2 Å². The summed E-state index contributed by atoms with van der Waals surface area (Å²) < 4.78 is 28.2. The monoisotopic (exact) mass is 341 g/mol. The Balaban J connectivity index is 2.33. The van der Waals surface area contributed by atoms with E-state index in [1.165, 1.54) is 18.4 Å². The Labute approximate surface area is 139 Å². The largest absolute Gasteiger partial charge is 0.494 e.